The highest BCUT2D eigenvalue weighted by atomic mass is 32.2. The first kappa shape index (κ1) is 13.7. The van der Waals surface area contributed by atoms with E-state index < -0.39 is 0 Å². The lowest BCUT2D eigenvalue weighted by Crippen LogP contribution is -2.74. The van der Waals surface area contributed by atoms with Crippen molar-refractivity contribution in [3.8, 4) is 0 Å². The Bertz CT molecular complexity index is 559. The van der Waals surface area contributed by atoms with Gasteiger partial charge in [0.2, 0.25) is 0 Å². The normalized spacial score (nSPS) is 27.8. The topological polar surface area (TPSA) is 58.4 Å². The fourth-order valence-corrected chi connectivity index (χ4v) is 4.78. The summed E-state index contributed by atoms with van der Waals surface area (Å²) in [5.41, 5.74) is 2.60. The highest BCUT2D eigenvalue weighted by Crippen LogP contribution is 2.50. The highest BCUT2D eigenvalue weighted by Gasteiger charge is 2.58. The van der Waals surface area contributed by atoms with E-state index in [2.05, 4.69) is 24.1 Å². The average molecular weight is 293 g/mol. The van der Waals surface area contributed by atoms with Gasteiger partial charge in [-0.3, -0.25) is 15.4 Å². The predicted molar refractivity (Wildman–Crippen MR) is 81.9 cm³/mol. The maximum atomic E-state index is 10.8. The number of thioether (sulfide) groups is 1. The third-order valence-corrected chi connectivity index (χ3v) is 5.25. The maximum absolute atomic E-state index is 10.8. The van der Waals surface area contributed by atoms with Gasteiger partial charge < -0.3 is 4.90 Å². The number of non-ortho nitro benzene ring substituents is 1. The number of nitro benzene ring substituents is 1. The molecule has 0 spiro atoms. The minimum Gasteiger partial charge on any atom is -0.327 e. The van der Waals surface area contributed by atoms with Crippen LogP contribution in [0.25, 0.3) is 0 Å². The van der Waals surface area contributed by atoms with Gasteiger partial charge in [-0.05, 0) is 30.9 Å². The molecular weight excluding hydrogens is 274 g/mol. The number of fused-ring (bicyclic) bond motifs is 1. The minimum absolute atomic E-state index is 0.0321. The molecule has 3 saturated heterocycles. The Hall–Kier alpha value is -1.27. The van der Waals surface area contributed by atoms with Crippen molar-refractivity contribution < 1.29 is 4.92 Å². The van der Waals surface area contributed by atoms with Crippen LogP contribution in [0, 0.1) is 23.0 Å². The van der Waals surface area contributed by atoms with Gasteiger partial charge in [-0.25, -0.2) is 0 Å². The van der Waals surface area contributed by atoms with Crippen LogP contribution in [-0.4, -0.2) is 21.8 Å². The van der Waals surface area contributed by atoms with Crippen molar-refractivity contribution in [2.24, 2.45) is 5.92 Å². The molecule has 0 amide bonds. The van der Waals surface area contributed by atoms with Crippen LogP contribution in [0.15, 0.2) is 18.2 Å². The van der Waals surface area contributed by atoms with Gasteiger partial charge in [-0.1, -0.05) is 13.8 Å². The second-order valence-electron chi connectivity index (χ2n) is 6.04. The van der Waals surface area contributed by atoms with E-state index in [4.69, 9.17) is 0 Å². The molecule has 0 aromatic heterocycles. The molecule has 4 rings (SSSR count). The lowest BCUT2D eigenvalue weighted by atomic mass is 9.93. The summed E-state index contributed by atoms with van der Waals surface area (Å²) in [6.45, 7) is 6.41. The highest BCUT2D eigenvalue weighted by molar-refractivity contribution is 8.00. The Morgan fingerprint density at radius 1 is 1.60 bits per heavy atom. The second-order valence-corrected chi connectivity index (χ2v) is 7.10. The van der Waals surface area contributed by atoms with Gasteiger partial charge in [0.25, 0.3) is 5.69 Å². The van der Waals surface area contributed by atoms with E-state index in [9.17, 15) is 10.1 Å². The number of aryl methyl sites for hydroxylation is 1. The predicted octanol–water partition coefficient (Wildman–Crippen LogP) is 3.09. The van der Waals surface area contributed by atoms with Crippen molar-refractivity contribution in [1.29, 1.82) is 0 Å². The van der Waals surface area contributed by atoms with Crippen molar-refractivity contribution in [2.75, 3.05) is 10.7 Å². The minimum atomic E-state index is -0.335. The van der Waals surface area contributed by atoms with Gasteiger partial charge in [0.15, 0.2) is 0 Å². The standard InChI is InChI=1S/C14H19N3O2S/c1-9(2)7-14-8-20-13(15-14)16(14)12-5-4-11(17(18)19)6-10(12)3/h4-6,9,13,15H,7-8H2,1-3H3. The first-order valence-electron chi connectivity index (χ1n) is 6.87. The number of hydrogen-bond donors (Lipinski definition) is 1. The van der Waals surface area contributed by atoms with Crippen molar-refractivity contribution in [1.82, 2.24) is 5.32 Å². The van der Waals surface area contributed by atoms with Crippen molar-refractivity contribution >= 4 is 23.1 Å². The zero-order valence-electron chi connectivity index (χ0n) is 11.9. The zero-order chi connectivity index (χ0) is 14.5. The summed E-state index contributed by atoms with van der Waals surface area (Å²) >= 11 is 1.92. The molecule has 3 fully saturated rings. The molecular formula is C14H19N3O2S. The maximum Gasteiger partial charge on any atom is 0.269 e. The molecule has 20 heavy (non-hydrogen) atoms. The Labute approximate surface area is 122 Å². The lowest BCUT2D eigenvalue weighted by Gasteiger charge is -2.53. The second kappa shape index (κ2) is 4.63. The fourth-order valence-electron chi connectivity index (χ4n) is 3.24. The molecule has 3 heterocycles. The monoisotopic (exact) mass is 293 g/mol. The van der Waals surface area contributed by atoms with Crippen LogP contribution >= 0.6 is 11.8 Å². The summed E-state index contributed by atoms with van der Waals surface area (Å²) in [5.74, 6) is 1.69. The average Bonchev–Trinajstić information content (AvgIpc) is 2.89. The van der Waals surface area contributed by atoms with Gasteiger partial charge >= 0.3 is 0 Å². The number of nitrogens with zero attached hydrogens (tertiary/aromatic N) is 2. The van der Waals surface area contributed by atoms with Crippen molar-refractivity contribution in [3.63, 3.8) is 0 Å². The Morgan fingerprint density at radius 2 is 2.35 bits per heavy atom. The molecule has 0 radical (unpaired) electrons. The molecule has 5 nitrogen and oxygen atoms in total. The quantitative estimate of drug-likeness (QED) is 0.683. The summed E-state index contributed by atoms with van der Waals surface area (Å²) < 4.78 is 0. The van der Waals surface area contributed by atoms with E-state index in [1.165, 1.54) is 0 Å². The number of anilines is 1. The van der Waals surface area contributed by atoms with Crippen LogP contribution < -0.4 is 10.2 Å². The van der Waals surface area contributed by atoms with Crippen molar-refractivity contribution in [2.45, 2.75) is 38.4 Å². The van der Waals surface area contributed by atoms with E-state index >= 15 is 0 Å². The third-order valence-electron chi connectivity index (χ3n) is 3.96. The van der Waals surface area contributed by atoms with Crippen LogP contribution in [0.3, 0.4) is 0 Å². The molecule has 2 unspecified atom stereocenters. The number of benzene rings is 1. The fraction of sp³-hybridized carbons (Fsp3) is 0.571. The molecule has 0 saturated carbocycles. The summed E-state index contributed by atoms with van der Waals surface area (Å²) in [6, 6.07) is 5.16. The summed E-state index contributed by atoms with van der Waals surface area (Å²) in [4.78, 5) is 12.9. The molecule has 2 atom stereocenters. The van der Waals surface area contributed by atoms with Gasteiger partial charge in [0.05, 0.1) is 4.92 Å². The van der Waals surface area contributed by atoms with Gasteiger partial charge in [-0.15, -0.1) is 11.8 Å². The molecule has 1 N–H and O–H groups in total. The van der Waals surface area contributed by atoms with Gasteiger partial charge in [0.1, 0.15) is 11.2 Å². The Kier molecular flexibility index (Phi) is 3.17. The van der Waals surface area contributed by atoms with E-state index in [1.54, 1.807) is 12.1 Å². The van der Waals surface area contributed by atoms with Crippen LogP contribution in [0.2, 0.25) is 0 Å². The van der Waals surface area contributed by atoms with Gasteiger partial charge in [-0.2, -0.15) is 0 Å². The Morgan fingerprint density at radius 3 is 2.90 bits per heavy atom. The first-order valence-corrected chi connectivity index (χ1v) is 7.91. The number of nitrogens with one attached hydrogen (secondary N) is 1. The largest absolute Gasteiger partial charge is 0.327 e. The molecule has 6 heteroatoms. The van der Waals surface area contributed by atoms with E-state index in [1.807, 2.05) is 24.8 Å². The molecule has 1 aromatic carbocycles. The number of nitro groups is 1. The molecule has 3 aliphatic rings. The summed E-state index contributed by atoms with van der Waals surface area (Å²) in [6.07, 6.45) is 1.09. The molecule has 108 valence electrons. The summed E-state index contributed by atoms with van der Waals surface area (Å²) in [5, 5.41) is 14.5. The smallest absolute Gasteiger partial charge is 0.269 e. The molecule has 3 aliphatic heterocycles. The van der Waals surface area contributed by atoms with E-state index in [0.29, 0.717) is 11.4 Å². The van der Waals surface area contributed by atoms with Crippen molar-refractivity contribution in [3.05, 3.63) is 33.9 Å². The molecule has 0 aliphatic carbocycles. The number of rotatable bonds is 4. The molecule has 1 aromatic rings. The first-order chi connectivity index (χ1) is 9.43. The summed E-state index contributed by atoms with van der Waals surface area (Å²) in [7, 11) is 0. The molecule has 2 bridgehead atoms. The van der Waals surface area contributed by atoms with Crippen LogP contribution in [-0.2, 0) is 0 Å². The number of hydrogen-bond acceptors (Lipinski definition) is 5. The van der Waals surface area contributed by atoms with E-state index in [-0.39, 0.29) is 16.3 Å². The Balaban J connectivity index is 1.92. The zero-order valence-corrected chi connectivity index (χ0v) is 12.7. The lowest BCUT2D eigenvalue weighted by molar-refractivity contribution is -0.384. The van der Waals surface area contributed by atoms with Crippen LogP contribution in [0.1, 0.15) is 25.8 Å². The van der Waals surface area contributed by atoms with E-state index in [0.717, 1.165) is 23.4 Å². The van der Waals surface area contributed by atoms with Gasteiger partial charge in [0, 0.05) is 23.6 Å². The SMILES string of the molecule is Cc1cc([N+](=O)[O-])ccc1N1C2NC1(CC(C)C)CS2. The van der Waals surface area contributed by atoms with Crippen LogP contribution in [0.4, 0.5) is 11.4 Å². The third kappa shape index (κ3) is 1.98. The van der Waals surface area contributed by atoms with Crippen LogP contribution in [0.5, 0.6) is 0 Å².